The van der Waals surface area contributed by atoms with Crippen LogP contribution in [0.25, 0.3) is 0 Å². The smallest absolute Gasteiger partial charge is 0.273 e. The van der Waals surface area contributed by atoms with E-state index in [0.717, 1.165) is 5.01 Å². The van der Waals surface area contributed by atoms with Crippen LogP contribution in [0.5, 0.6) is 0 Å². The summed E-state index contributed by atoms with van der Waals surface area (Å²) in [5, 5.41) is 5.14. The van der Waals surface area contributed by atoms with Crippen molar-refractivity contribution in [1.29, 1.82) is 0 Å². The monoisotopic (exact) mass is 396 g/mol. The minimum atomic E-state index is -0.531. The normalized spacial score (nSPS) is 15.1. The van der Waals surface area contributed by atoms with E-state index in [0.29, 0.717) is 43.9 Å². The van der Waals surface area contributed by atoms with E-state index in [9.17, 15) is 14.0 Å². The zero-order chi connectivity index (χ0) is 18.7. The lowest BCUT2D eigenvalue weighted by molar-refractivity contribution is -0.121. The van der Waals surface area contributed by atoms with Crippen LogP contribution in [0, 0.1) is 11.7 Å². The summed E-state index contributed by atoms with van der Waals surface area (Å²) in [6.45, 7) is 1.28. The fourth-order valence-electron chi connectivity index (χ4n) is 2.83. The Kier molecular flexibility index (Phi) is 5.85. The molecule has 0 spiro atoms. The van der Waals surface area contributed by atoms with Gasteiger partial charge in [0.2, 0.25) is 5.91 Å². The number of hydrogen-bond donors (Lipinski definition) is 2. The fraction of sp³-hybridized carbons (Fsp3) is 0.353. The second kappa shape index (κ2) is 8.11. The summed E-state index contributed by atoms with van der Waals surface area (Å²) in [4.78, 5) is 30.7. The zero-order valence-corrected chi connectivity index (χ0v) is 15.4. The summed E-state index contributed by atoms with van der Waals surface area (Å²) in [7, 11) is 0. The van der Waals surface area contributed by atoms with Crippen molar-refractivity contribution in [3.8, 4) is 0 Å². The Morgan fingerprint density at radius 1 is 1.38 bits per heavy atom. The average Bonchev–Trinajstić information content (AvgIpc) is 3.13. The van der Waals surface area contributed by atoms with Crippen LogP contribution in [0.4, 0.5) is 10.1 Å². The van der Waals surface area contributed by atoms with Gasteiger partial charge in [0.25, 0.3) is 5.91 Å². The minimum absolute atomic E-state index is 0.0386. The maximum Gasteiger partial charge on any atom is 0.273 e. The zero-order valence-electron chi connectivity index (χ0n) is 13.9. The van der Waals surface area contributed by atoms with Crippen molar-refractivity contribution in [3.63, 3.8) is 0 Å². The second-order valence-electron chi connectivity index (χ2n) is 6.02. The van der Waals surface area contributed by atoms with Gasteiger partial charge in [0, 0.05) is 36.6 Å². The number of piperidine rings is 1. The third-order valence-electron chi connectivity index (χ3n) is 4.29. The lowest BCUT2D eigenvalue weighted by Gasteiger charge is -2.30. The van der Waals surface area contributed by atoms with Crippen molar-refractivity contribution in [2.24, 2.45) is 11.7 Å². The largest absolute Gasteiger partial charge is 0.337 e. The van der Waals surface area contributed by atoms with Gasteiger partial charge < -0.3 is 16.0 Å². The van der Waals surface area contributed by atoms with Crippen molar-refractivity contribution in [2.45, 2.75) is 19.4 Å². The molecule has 1 saturated heterocycles. The van der Waals surface area contributed by atoms with Crippen molar-refractivity contribution in [1.82, 2.24) is 9.88 Å². The summed E-state index contributed by atoms with van der Waals surface area (Å²) in [5.41, 5.74) is 6.38. The number of anilines is 1. The summed E-state index contributed by atoms with van der Waals surface area (Å²) in [6, 6.07) is 4.06. The number of nitrogens with zero attached hydrogens (tertiary/aromatic N) is 2. The highest BCUT2D eigenvalue weighted by molar-refractivity contribution is 7.09. The van der Waals surface area contributed by atoms with Crippen LogP contribution >= 0.6 is 22.9 Å². The van der Waals surface area contributed by atoms with Crippen LogP contribution in [0.3, 0.4) is 0 Å². The van der Waals surface area contributed by atoms with Gasteiger partial charge in [0.1, 0.15) is 16.5 Å². The second-order valence-corrected chi connectivity index (χ2v) is 7.37. The van der Waals surface area contributed by atoms with Gasteiger partial charge in [0.05, 0.1) is 5.02 Å². The van der Waals surface area contributed by atoms with E-state index in [-0.39, 0.29) is 22.8 Å². The van der Waals surface area contributed by atoms with Crippen molar-refractivity contribution >= 4 is 40.4 Å². The Balaban J connectivity index is 1.54. The quantitative estimate of drug-likeness (QED) is 0.831. The van der Waals surface area contributed by atoms with E-state index in [1.54, 1.807) is 10.3 Å². The van der Waals surface area contributed by atoms with Gasteiger partial charge >= 0.3 is 0 Å². The predicted molar refractivity (Wildman–Crippen MR) is 98.7 cm³/mol. The third-order valence-corrected chi connectivity index (χ3v) is 5.45. The van der Waals surface area contributed by atoms with Crippen LogP contribution in [0.15, 0.2) is 23.6 Å². The maximum atomic E-state index is 13.2. The van der Waals surface area contributed by atoms with Gasteiger partial charge in [-0.3, -0.25) is 9.59 Å². The van der Waals surface area contributed by atoms with E-state index in [1.165, 1.54) is 29.5 Å². The molecule has 0 atom stereocenters. The molecule has 1 aromatic carbocycles. The third kappa shape index (κ3) is 4.20. The molecule has 138 valence electrons. The molecule has 2 heterocycles. The highest BCUT2D eigenvalue weighted by Crippen LogP contribution is 2.23. The lowest BCUT2D eigenvalue weighted by Crippen LogP contribution is -2.41. The number of thiazole rings is 1. The summed E-state index contributed by atoms with van der Waals surface area (Å²) >= 11 is 7.09. The molecule has 3 rings (SSSR count). The van der Waals surface area contributed by atoms with Crippen LogP contribution in [-0.4, -0.2) is 34.8 Å². The number of nitrogens with one attached hydrogen (secondary N) is 1. The number of amides is 2. The molecule has 6 nitrogen and oxygen atoms in total. The number of benzene rings is 1. The minimum Gasteiger partial charge on any atom is -0.337 e. The molecule has 1 aromatic heterocycles. The SMILES string of the molecule is NCc1nc(C(=O)N2CCC(C(=O)Nc3ccc(F)c(Cl)c3)CC2)cs1. The number of rotatable bonds is 4. The van der Waals surface area contributed by atoms with E-state index in [2.05, 4.69) is 10.3 Å². The van der Waals surface area contributed by atoms with Gasteiger partial charge in [0.15, 0.2) is 0 Å². The fourth-order valence-corrected chi connectivity index (χ4v) is 3.66. The van der Waals surface area contributed by atoms with Crippen molar-refractivity contribution < 1.29 is 14.0 Å². The number of aromatic nitrogens is 1. The molecular weight excluding hydrogens is 379 g/mol. The Morgan fingerprint density at radius 3 is 2.73 bits per heavy atom. The Bertz CT molecular complexity index is 821. The molecular formula is C17H18ClFN4O2S. The van der Waals surface area contributed by atoms with Crippen LogP contribution in [0.2, 0.25) is 5.02 Å². The van der Waals surface area contributed by atoms with E-state index in [4.69, 9.17) is 17.3 Å². The number of nitrogens with two attached hydrogens (primary N) is 1. The molecule has 0 unspecified atom stereocenters. The van der Waals surface area contributed by atoms with E-state index < -0.39 is 5.82 Å². The molecule has 0 saturated carbocycles. The molecule has 1 aliphatic heterocycles. The Morgan fingerprint density at radius 2 is 2.12 bits per heavy atom. The predicted octanol–water partition coefficient (Wildman–Crippen LogP) is 2.89. The topological polar surface area (TPSA) is 88.3 Å². The molecule has 0 bridgehead atoms. The van der Waals surface area contributed by atoms with Gasteiger partial charge in [-0.2, -0.15) is 0 Å². The summed E-state index contributed by atoms with van der Waals surface area (Å²) in [6.07, 6.45) is 1.11. The Labute approximate surface area is 159 Å². The first kappa shape index (κ1) is 18.8. The first-order chi connectivity index (χ1) is 12.5. The number of carbonyl (C=O) groups is 2. The highest BCUT2D eigenvalue weighted by atomic mass is 35.5. The molecule has 9 heteroatoms. The lowest BCUT2D eigenvalue weighted by atomic mass is 9.95. The highest BCUT2D eigenvalue weighted by Gasteiger charge is 2.28. The first-order valence-electron chi connectivity index (χ1n) is 8.17. The molecule has 3 N–H and O–H groups in total. The van der Waals surface area contributed by atoms with Crippen molar-refractivity contribution in [2.75, 3.05) is 18.4 Å². The van der Waals surface area contributed by atoms with E-state index >= 15 is 0 Å². The molecule has 2 aromatic rings. The van der Waals surface area contributed by atoms with Crippen LogP contribution < -0.4 is 11.1 Å². The molecule has 0 radical (unpaired) electrons. The average molecular weight is 397 g/mol. The van der Waals surface area contributed by atoms with Crippen LogP contribution in [0.1, 0.15) is 28.3 Å². The van der Waals surface area contributed by atoms with Crippen LogP contribution in [-0.2, 0) is 11.3 Å². The molecule has 26 heavy (non-hydrogen) atoms. The number of carbonyl (C=O) groups excluding carboxylic acids is 2. The molecule has 1 aliphatic rings. The standard InChI is InChI=1S/C17H18ClFN4O2S/c18-12-7-11(1-2-13(12)19)21-16(24)10-3-5-23(6-4-10)17(25)14-9-26-15(8-20)22-14/h1-2,7,9-10H,3-6,8,20H2,(H,21,24). The molecule has 0 aliphatic carbocycles. The summed E-state index contributed by atoms with van der Waals surface area (Å²) < 4.78 is 13.2. The van der Waals surface area contributed by atoms with Gasteiger partial charge in [-0.1, -0.05) is 11.6 Å². The van der Waals surface area contributed by atoms with Crippen molar-refractivity contribution in [3.05, 3.63) is 45.1 Å². The number of halogens is 2. The number of likely N-dealkylation sites (tertiary alicyclic amines) is 1. The summed E-state index contributed by atoms with van der Waals surface area (Å²) in [5.74, 6) is -1.03. The maximum absolute atomic E-state index is 13.2. The van der Waals surface area contributed by atoms with Gasteiger partial charge in [-0.05, 0) is 31.0 Å². The molecule has 2 amide bonds. The van der Waals surface area contributed by atoms with E-state index in [1.807, 2.05) is 0 Å². The van der Waals surface area contributed by atoms with Gasteiger partial charge in [-0.15, -0.1) is 11.3 Å². The van der Waals surface area contributed by atoms with Gasteiger partial charge in [-0.25, -0.2) is 9.37 Å². The first-order valence-corrected chi connectivity index (χ1v) is 9.43. The Hall–Kier alpha value is -2.03. The number of hydrogen-bond acceptors (Lipinski definition) is 5. The molecule has 1 fully saturated rings.